The Kier molecular flexibility index (Phi) is 5.53. The van der Waals surface area contributed by atoms with Gasteiger partial charge in [0.25, 0.3) is 5.91 Å². The Hall–Kier alpha value is -3.21. The van der Waals surface area contributed by atoms with Crippen molar-refractivity contribution in [3.63, 3.8) is 0 Å². The summed E-state index contributed by atoms with van der Waals surface area (Å²) in [5.41, 5.74) is 2.22. The van der Waals surface area contributed by atoms with Crippen LogP contribution in [0.5, 0.6) is 0 Å². The van der Waals surface area contributed by atoms with Crippen molar-refractivity contribution >= 4 is 33.2 Å². The van der Waals surface area contributed by atoms with Crippen molar-refractivity contribution in [3.05, 3.63) is 74.9 Å². The molecule has 0 spiro atoms. The Labute approximate surface area is 189 Å². The van der Waals surface area contributed by atoms with Crippen LogP contribution in [-0.2, 0) is 12.7 Å². The molecule has 0 aliphatic heterocycles. The van der Waals surface area contributed by atoms with Gasteiger partial charge in [-0.3, -0.25) is 9.48 Å². The number of fused-ring (bicyclic) bond motifs is 1. The van der Waals surface area contributed by atoms with Crippen molar-refractivity contribution in [1.82, 2.24) is 24.4 Å². The topological polar surface area (TPSA) is 77.1 Å². The molecule has 11 heteroatoms. The molecule has 4 aromatic rings. The molecule has 0 unspecified atom stereocenters. The number of carbonyl (C=O) groups excluding carboxylic acids is 1. The summed E-state index contributed by atoms with van der Waals surface area (Å²) in [5.74, 6) is -0.632. The molecular weight excluding hydrogens is 489 g/mol. The van der Waals surface area contributed by atoms with Crippen LogP contribution in [0.15, 0.2) is 40.9 Å². The summed E-state index contributed by atoms with van der Waals surface area (Å²) in [4.78, 5) is 16.7. The molecule has 4 rings (SSSR count). The van der Waals surface area contributed by atoms with Crippen molar-refractivity contribution < 1.29 is 18.0 Å². The van der Waals surface area contributed by atoms with E-state index in [-0.39, 0.29) is 17.0 Å². The fourth-order valence-corrected chi connectivity index (χ4v) is 3.64. The van der Waals surface area contributed by atoms with E-state index in [1.807, 2.05) is 24.6 Å². The molecule has 1 aromatic carbocycles. The Bertz CT molecular complexity index is 1340. The Morgan fingerprint density at radius 2 is 1.88 bits per heavy atom. The van der Waals surface area contributed by atoms with E-state index in [2.05, 4.69) is 36.4 Å². The van der Waals surface area contributed by atoms with Crippen LogP contribution in [0, 0.1) is 20.8 Å². The second kappa shape index (κ2) is 8.05. The van der Waals surface area contributed by atoms with Crippen LogP contribution in [0.4, 0.5) is 18.9 Å². The minimum atomic E-state index is -4.63. The zero-order valence-electron chi connectivity index (χ0n) is 17.3. The number of benzene rings is 1. The van der Waals surface area contributed by atoms with Gasteiger partial charge in [-0.1, -0.05) is 12.1 Å². The molecule has 0 saturated heterocycles. The number of carbonyl (C=O) groups is 1. The molecule has 0 bridgehead atoms. The first-order valence-electron chi connectivity index (χ1n) is 9.57. The van der Waals surface area contributed by atoms with Crippen molar-refractivity contribution in [2.75, 3.05) is 5.32 Å². The number of alkyl halides is 3. The Morgan fingerprint density at radius 3 is 2.53 bits per heavy atom. The van der Waals surface area contributed by atoms with E-state index < -0.39 is 17.8 Å². The summed E-state index contributed by atoms with van der Waals surface area (Å²) in [6.07, 6.45) is -4.63. The van der Waals surface area contributed by atoms with Gasteiger partial charge in [-0.15, -0.1) is 0 Å². The second-order valence-corrected chi connectivity index (χ2v) is 8.17. The van der Waals surface area contributed by atoms with Gasteiger partial charge in [-0.25, -0.2) is 9.50 Å². The summed E-state index contributed by atoms with van der Waals surface area (Å²) in [6, 6.07) is 9.27. The molecule has 3 aromatic heterocycles. The molecule has 166 valence electrons. The Morgan fingerprint density at radius 1 is 1.12 bits per heavy atom. The van der Waals surface area contributed by atoms with Crippen molar-refractivity contribution in [1.29, 1.82) is 0 Å². The number of anilines is 1. The highest BCUT2D eigenvalue weighted by atomic mass is 79.9. The van der Waals surface area contributed by atoms with Crippen LogP contribution in [-0.4, -0.2) is 30.3 Å². The molecule has 32 heavy (non-hydrogen) atoms. The van der Waals surface area contributed by atoms with Crippen LogP contribution in [0.1, 0.15) is 38.8 Å². The highest BCUT2D eigenvalue weighted by molar-refractivity contribution is 9.10. The van der Waals surface area contributed by atoms with E-state index in [1.165, 1.54) is 13.0 Å². The molecule has 3 heterocycles. The van der Waals surface area contributed by atoms with Crippen LogP contribution in [0.2, 0.25) is 0 Å². The third-order valence-corrected chi connectivity index (χ3v) is 6.04. The smallest absolute Gasteiger partial charge is 0.321 e. The predicted octanol–water partition coefficient (Wildman–Crippen LogP) is 4.93. The van der Waals surface area contributed by atoms with E-state index >= 15 is 0 Å². The fourth-order valence-electron chi connectivity index (χ4n) is 3.36. The molecule has 0 aliphatic carbocycles. The third kappa shape index (κ3) is 4.24. The van der Waals surface area contributed by atoms with Gasteiger partial charge in [0, 0.05) is 17.4 Å². The summed E-state index contributed by atoms with van der Waals surface area (Å²) in [7, 11) is 0. The van der Waals surface area contributed by atoms with E-state index in [0.717, 1.165) is 27.5 Å². The fraction of sp³-hybridized carbons (Fsp3) is 0.238. The zero-order chi connectivity index (χ0) is 23.2. The Balaban J connectivity index is 1.59. The number of aromatic nitrogens is 5. The van der Waals surface area contributed by atoms with Crippen molar-refractivity contribution in [2.45, 2.75) is 33.5 Å². The van der Waals surface area contributed by atoms with Gasteiger partial charge in [0.15, 0.2) is 11.3 Å². The molecule has 7 nitrogen and oxygen atoms in total. The highest BCUT2D eigenvalue weighted by Gasteiger charge is 2.35. The number of halogens is 4. The average Bonchev–Trinajstić information content (AvgIpc) is 3.24. The van der Waals surface area contributed by atoms with Gasteiger partial charge in [0.1, 0.15) is 5.69 Å². The molecule has 0 saturated carbocycles. The number of aryl methyl sites for hydroxylation is 2. The van der Waals surface area contributed by atoms with Gasteiger partial charge in [0.05, 0.1) is 22.4 Å². The highest BCUT2D eigenvalue weighted by Crippen LogP contribution is 2.30. The first-order chi connectivity index (χ1) is 15.0. The molecule has 0 fully saturated rings. The molecule has 1 amide bonds. The summed E-state index contributed by atoms with van der Waals surface area (Å²) < 4.78 is 43.4. The average molecular weight is 507 g/mol. The summed E-state index contributed by atoms with van der Waals surface area (Å²) >= 11 is 3.50. The summed E-state index contributed by atoms with van der Waals surface area (Å²) in [5, 5.41) is 11.0. The number of nitrogens with zero attached hydrogens (tertiary/aromatic N) is 5. The van der Waals surface area contributed by atoms with Crippen LogP contribution in [0.25, 0.3) is 5.65 Å². The van der Waals surface area contributed by atoms with Gasteiger partial charge in [-0.05, 0) is 60.5 Å². The van der Waals surface area contributed by atoms with E-state index in [0.29, 0.717) is 16.7 Å². The van der Waals surface area contributed by atoms with Gasteiger partial charge in [0.2, 0.25) is 0 Å². The first kappa shape index (κ1) is 22.0. The summed E-state index contributed by atoms with van der Waals surface area (Å²) in [6.45, 7) is 5.80. The number of nitrogens with one attached hydrogen (secondary N) is 1. The first-order valence-corrected chi connectivity index (χ1v) is 10.4. The lowest BCUT2D eigenvalue weighted by atomic mass is 10.2. The number of hydrogen-bond acceptors (Lipinski definition) is 4. The van der Waals surface area contributed by atoms with Gasteiger partial charge < -0.3 is 5.32 Å². The lowest BCUT2D eigenvalue weighted by molar-refractivity contribution is -0.142. The van der Waals surface area contributed by atoms with E-state index in [4.69, 9.17) is 0 Å². The minimum absolute atomic E-state index is 0.0497. The lowest BCUT2D eigenvalue weighted by Crippen LogP contribution is -2.16. The molecule has 0 aliphatic rings. The maximum absolute atomic E-state index is 13.3. The maximum atomic E-state index is 13.3. The van der Waals surface area contributed by atoms with Crippen molar-refractivity contribution in [2.24, 2.45) is 0 Å². The van der Waals surface area contributed by atoms with Gasteiger partial charge in [-0.2, -0.15) is 23.4 Å². The number of hydrogen-bond donors (Lipinski definition) is 1. The van der Waals surface area contributed by atoms with Crippen LogP contribution < -0.4 is 5.32 Å². The normalized spacial score (nSPS) is 11.8. The zero-order valence-corrected chi connectivity index (χ0v) is 18.9. The number of rotatable bonds is 4. The second-order valence-electron chi connectivity index (χ2n) is 7.38. The molecule has 0 radical (unpaired) electrons. The largest absolute Gasteiger partial charge is 0.433 e. The maximum Gasteiger partial charge on any atom is 0.433 e. The van der Waals surface area contributed by atoms with Crippen molar-refractivity contribution in [3.8, 4) is 0 Å². The van der Waals surface area contributed by atoms with E-state index in [9.17, 15) is 18.0 Å². The van der Waals surface area contributed by atoms with Gasteiger partial charge >= 0.3 is 6.18 Å². The molecule has 0 atom stereocenters. The van der Waals surface area contributed by atoms with E-state index in [1.54, 1.807) is 18.2 Å². The minimum Gasteiger partial charge on any atom is -0.321 e. The monoisotopic (exact) mass is 506 g/mol. The lowest BCUT2D eigenvalue weighted by Gasteiger charge is -2.09. The van der Waals surface area contributed by atoms with Crippen LogP contribution in [0.3, 0.4) is 0 Å². The third-order valence-electron chi connectivity index (χ3n) is 4.89. The predicted molar refractivity (Wildman–Crippen MR) is 116 cm³/mol. The quantitative estimate of drug-likeness (QED) is 0.425. The molecular formula is C21H18BrF3N6O. The molecule has 1 N–H and O–H groups in total. The standard InChI is InChI=1S/C21H18BrF3N6O/c1-11-7-17(21(23,24)25)31-18(26-11)9-16(29-31)20(32)27-15-6-4-5-14(8-15)10-30-13(3)19(22)12(2)28-30/h4-9H,10H2,1-3H3,(H,27,32). The van der Waals surface area contributed by atoms with Crippen LogP contribution >= 0.6 is 15.9 Å². The number of amides is 1. The SMILES string of the molecule is Cc1cc(C(F)(F)F)n2nc(C(=O)Nc3cccc(Cn4nc(C)c(Br)c4C)c3)cc2n1.